The molecule has 0 aliphatic carbocycles. The molecule has 0 unspecified atom stereocenters. The van der Waals surface area contributed by atoms with Gasteiger partial charge in [-0.1, -0.05) is 29.8 Å². The monoisotopic (exact) mass is 376 g/mol. The zero-order valence-corrected chi connectivity index (χ0v) is 15.6. The third-order valence-corrected chi connectivity index (χ3v) is 5.65. The number of amides is 1. The first-order valence-corrected chi connectivity index (χ1v) is 10.1. The molecular weight excluding hydrogens is 355 g/mol. The Morgan fingerprint density at radius 1 is 1.15 bits per heavy atom. The van der Waals surface area contributed by atoms with Crippen LogP contribution in [0, 0.1) is 12.7 Å². The highest BCUT2D eigenvalue weighted by Gasteiger charge is 2.27. The van der Waals surface area contributed by atoms with Crippen molar-refractivity contribution >= 4 is 27.3 Å². The van der Waals surface area contributed by atoms with Gasteiger partial charge in [0, 0.05) is 19.0 Å². The molecule has 26 heavy (non-hydrogen) atoms. The quantitative estimate of drug-likeness (QED) is 0.870. The predicted octanol–water partition coefficient (Wildman–Crippen LogP) is 3.38. The van der Waals surface area contributed by atoms with Gasteiger partial charge in [-0.3, -0.25) is 9.52 Å². The van der Waals surface area contributed by atoms with Crippen LogP contribution in [-0.2, 0) is 27.0 Å². The van der Waals surface area contributed by atoms with Crippen LogP contribution in [0.1, 0.15) is 30.0 Å². The summed E-state index contributed by atoms with van der Waals surface area (Å²) in [5.74, 6) is -0.900. The molecular formula is C19H21FN2O3S. The maximum Gasteiger partial charge on any atom is 0.236 e. The maximum absolute atomic E-state index is 14.6. The number of aryl methyl sites for hydroxylation is 2. The Kier molecular flexibility index (Phi) is 5.00. The van der Waals surface area contributed by atoms with Crippen LogP contribution in [0.5, 0.6) is 0 Å². The van der Waals surface area contributed by atoms with Crippen molar-refractivity contribution in [3.63, 3.8) is 0 Å². The van der Waals surface area contributed by atoms with E-state index in [0.29, 0.717) is 30.5 Å². The highest BCUT2D eigenvalue weighted by Crippen LogP contribution is 2.33. The highest BCUT2D eigenvalue weighted by molar-refractivity contribution is 7.91. The fourth-order valence-electron chi connectivity index (χ4n) is 3.16. The lowest BCUT2D eigenvalue weighted by Crippen LogP contribution is -2.35. The predicted molar refractivity (Wildman–Crippen MR) is 100 cm³/mol. The zero-order chi connectivity index (χ0) is 18.9. The molecule has 0 fully saturated rings. The van der Waals surface area contributed by atoms with Gasteiger partial charge in [-0.2, -0.15) is 0 Å². The summed E-state index contributed by atoms with van der Waals surface area (Å²) >= 11 is 0. The number of anilines is 2. The number of nitrogens with zero attached hydrogens (tertiary/aromatic N) is 1. The third kappa shape index (κ3) is 3.88. The molecule has 7 heteroatoms. The SMILES string of the molecule is CCN1C(=O)CCc2cc(NS(=O)(=O)Cc3ccc(C)cc3)cc(F)c21. The van der Waals surface area contributed by atoms with Crippen molar-refractivity contribution in [1.82, 2.24) is 0 Å². The molecule has 1 aliphatic rings. The van der Waals surface area contributed by atoms with Crippen molar-refractivity contribution in [2.75, 3.05) is 16.2 Å². The largest absolute Gasteiger partial charge is 0.310 e. The third-order valence-electron chi connectivity index (χ3n) is 4.39. The maximum atomic E-state index is 14.6. The van der Waals surface area contributed by atoms with Gasteiger partial charge in [-0.25, -0.2) is 12.8 Å². The summed E-state index contributed by atoms with van der Waals surface area (Å²) in [5.41, 5.74) is 2.78. The van der Waals surface area contributed by atoms with Gasteiger partial charge in [0.05, 0.1) is 17.1 Å². The van der Waals surface area contributed by atoms with Crippen LogP contribution in [-0.4, -0.2) is 20.9 Å². The number of nitrogens with one attached hydrogen (secondary N) is 1. The average Bonchev–Trinajstić information content (AvgIpc) is 2.57. The molecule has 1 amide bonds. The highest BCUT2D eigenvalue weighted by atomic mass is 32.2. The van der Waals surface area contributed by atoms with Crippen LogP contribution in [0.15, 0.2) is 36.4 Å². The molecule has 1 heterocycles. The summed E-state index contributed by atoms with van der Waals surface area (Å²) in [6.45, 7) is 4.09. The molecule has 0 bridgehead atoms. The van der Waals surface area contributed by atoms with Crippen LogP contribution in [0.3, 0.4) is 0 Å². The van der Waals surface area contributed by atoms with Crippen molar-refractivity contribution in [3.05, 3.63) is 58.9 Å². The van der Waals surface area contributed by atoms with Gasteiger partial charge in [0.15, 0.2) is 0 Å². The van der Waals surface area contributed by atoms with Crippen molar-refractivity contribution in [3.8, 4) is 0 Å². The summed E-state index contributed by atoms with van der Waals surface area (Å²) in [6, 6.07) is 9.95. The van der Waals surface area contributed by atoms with Gasteiger partial charge < -0.3 is 4.90 Å². The first kappa shape index (κ1) is 18.4. The summed E-state index contributed by atoms with van der Waals surface area (Å²) in [6.07, 6.45) is 0.689. The normalized spacial score (nSPS) is 14.3. The Morgan fingerprint density at radius 2 is 1.85 bits per heavy atom. The topological polar surface area (TPSA) is 66.5 Å². The van der Waals surface area contributed by atoms with Crippen molar-refractivity contribution in [2.45, 2.75) is 32.4 Å². The smallest absolute Gasteiger partial charge is 0.236 e. The van der Waals surface area contributed by atoms with E-state index in [4.69, 9.17) is 0 Å². The molecule has 138 valence electrons. The van der Waals surface area contributed by atoms with E-state index < -0.39 is 15.8 Å². The van der Waals surface area contributed by atoms with Crippen LogP contribution in [0.4, 0.5) is 15.8 Å². The first-order valence-electron chi connectivity index (χ1n) is 8.48. The summed E-state index contributed by atoms with van der Waals surface area (Å²) in [4.78, 5) is 13.3. The van der Waals surface area contributed by atoms with E-state index in [2.05, 4.69) is 4.72 Å². The Hall–Kier alpha value is -2.41. The average molecular weight is 376 g/mol. The molecule has 5 nitrogen and oxygen atoms in total. The Balaban J connectivity index is 1.85. The molecule has 0 saturated heterocycles. The van der Waals surface area contributed by atoms with Crippen LogP contribution in [0.25, 0.3) is 0 Å². The standard InChI is InChI=1S/C19H21FN2O3S/c1-3-22-18(23)9-8-15-10-16(11-17(20)19(15)22)21-26(24,25)12-14-6-4-13(2)5-7-14/h4-7,10-11,21H,3,8-9,12H2,1-2H3. The molecule has 3 rings (SSSR count). The number of halogens is 1. The molecule has 0 atom stereocenters. The molecule has 0 radical (unpaired) electrons. The van der Waals surface area contributed by atoms with E-state index in [1.54, 1.807) is 25.1 Å². The van der Waals surface area contributed by atoms with Crippen LogP contribution >= 0.6 is 0 Å². The minimum absolute atomic E-state index is 0.119. The second kappa shape index (κ2) is 7.07. The number of hydrogen-bond donors (Lipinski definition) is 1. The zero-order valence-electron chi connectivity index (χ0n) is 14.8. The number of sulfonamides is 1. The molecule has 0 saturated carbocycles. The summed E-state index contributed by atoms with van der Waals surface area (Å²) in [5, 5.41) is 0. The van der Waals surface area contributed by atoms with Gasteiger partial charge in [0.25, 0.3) is 0 Å². The van der Waals surface area contributed by atoms with Gasteiger partial charge in [0.1, 0.15) is 5.82 Å². The van der Waals surface area contributed by atoms with Gasteiger partial charge >= 0.3 is 0 Å². The molecule has 2 aromatic carbocycles. The van der Waals surface area contributed by atoms with Gasteiger partial charge in [-0.05, 0) is 37.5 Å². The van der Waals surface area contributed by atoms with E-state index in [9.17, 15) is 17.6 Å². The van der Waals surface area contributed by atoms with Gasteiger partial charge in [0.2, 0.25) is 15.9 Å². The van der Waals surface area contributed by atoms with E-state index in [-0.39, 0.29) is 23.0 Å². The molecule has 0 spiro atoms. The van der Waals surface area contributed by atoms with E-state index in [0.717, 1.165) is 11.6 Å². The summed E-state index contributed by atoms with van der Waals surface area (Å²) < 4.78 is 41.8. The molecule has 1 aliphatic heterocycles. The second-order valence-electron chi connectivity index (χ2n) is 6.45. The van der Waals surface area contributed by atoms with Crippen molar-refractivity contribution in [2.24, 2.45) is 0 Å². The lowest BCUT2D eigenvalue weighted by Gasteiger charge is -2.29. The van der Waals surface area contributed by atoms with E-state index >= 15 is 0 Å². The number of fused-ring (bicyclic) bond motifs is 1. The van der Waals surface area contributed by atoms with Crippen molar-refractivity contribution in [1.29, 1.82) is 0 Å². The molecule has 1 N–H and O–H groups in total. The van der Waals surface area contributed by atoms with Crippen LogP contribution in [0.2, 0.25) is 0 Å². The van der Waals surface area contributed by atoms with Gasteiger partial charge in [-0.15, -0.1) is 0 Å². The van der Waals surface area contributed by atoms with E-state index in [1.165, 1.54) is 4.90 Å². The Bertz CT molecular complexity index is 940. The minimum Gasteiger partial charge on any atom is -0.310 e. The fourth-order valence-corrected chi connectivity index (χ4v) is 4.34. The van der Waals surface area contributed by atoms with E-state index in [1.807, 2.05) is 19.1 Å². The number of rotatable bonds is 5. The Morgan fingerprint density at radius 3 is 2.50 bits per heavy atom. The molecule has 2 aromatic rings. The lowest BCUT2D eigenvalue weighted by atomic mass is 10.00. The van der Waals surface area contributed by atoms with Crippen LogP contribution < -0.4 is 9.62 Å². The molecule has 0 aromatic heterocycles. The lowest BCUT2D eigenvalue weighted by molar-refractivity contribution is -0.118. The van der Waals surface area contributed by atoms with Crippen molar-refractivity contribution < 1.29 is 17.6 Å². The number of hydrogen-bond acceptors (Lipinski definition) is 3. The summed E-state index contributed by atoms with van der Waals surface area (Å²) in [7, 11) is -3.67. The Labute approximate surface area is 152 Å². The fraction of sp³-hybridized carbons (Fsp3) is 0.316. The number of carbonyl (C=O) groups excluding carboxylic acids is 1. The number of benzene rings is 2. The second-order valence-corrected chi connectivity index (χ2v) is 8.17. The first-order chi connectivity index (χ1) is 12.3. The number of carbonyl (C=O) groups is 1. The minimum atomic E-state index is -3.67.